The monoisotopic (exact) mass is 502 g/mol. The van der Waals surface area contributed by atoms with Crippen molar-refractivity contribution in [2.75, 3.05) is 44.9 Å². The van der Waals surface area contributed by atoms with Crippen molar-refractivity contribution < 1.29 is 27.4 Å². The lowest BCUT2D eigenvalue weighted by molar-refractivity contribution is -0.0956. The van der Waals surface area contributed by atoms with Crippen molar-refractivity contribution in [2.24, 2.45) is 0 Å². The lowest BCUT2D eigenvalue weighted by Gasteiger charge is -2.29. The molecule has 0 saturated carbocycles. The van der Waals surface area contributed by atoms with E-state index in [1.807, 2.05) is 0 Å². The molecule has 0 amide bonds. The molecule has 0 radical (unpaired) electrons. The molecule has 2 aliphatic heterocycles. The Morgan fingerprint density at radius 3 is 2.52 bits per heavy atom. The third-order valence-corrected chi connectivity index (χ3v) is 7.57. The summed E-state index contributed by atoms with van der Waals surface area (Å²) in [4.78, 5) is 8.22. The largest absolute Gasteiger partial charge is 0.381 e. The first kappa shape index (κ1) is 24.2. The number of methoxy groups -OCH3 is 1. The lowest BCUT2D eigenvalue weighted by atomic mass is 10.1. The van der Waals surface area contributed by atoms with E-state index >= 15 is 0 Å². The van der Waals surface area contributed by atoms with Crippen molar-refractivity contribution in [3.63, 3.8) is 0 Å². The molecule has 14 heteroatoms. The van der Waals surface area contributed by atoms with Gasteiger partial charge in [0.15, 0.2) is 11.6 Å². The Labute approximate surface area is 197 Å². The highest BCUT2D eigenvalue weighted by Gasteiger charge is 2.36. The highest BCUT2D eigenvalue weighted by Crippen LogP contribution is 2.32. The SMILES string of the molecule is CO[C@H](c1ncc(Cl)cn1)[C@H](C)S(=O)(=O)Nc1nnc([C@@H]2COCCO2)n1C1CCOCC1. The molecule has 0 aliphatic carbocycles. The normalized spacial score (nSPS) is 22.1. The minimum Gasteiger partial charge on any atom is -0.381 e. The molecule has 2 aromatic rings. The van der Waals surface area contributed by atoms with Crippen molar-refractivity contribution in [3.8, 4) is 0 Å². The molecule has 1 N–H and O–H groups in total. The predicted octanol–water partition coefficient (Wildman–Crippen LogP) is 1.68. The van der Waals surface area contributed by atoms with Crippen LogP contribution in [0.5, 0.6) is 0 Å². The van der Waals surface area contributed by atoms with Crippen LogP contribution in [0, 0.1) is 0 Å². The van der Waals surface area contributed by atoms with Gasteiger partial charge in [0.2, 0.25) is 16.0 Å². The summed E-state index contributed by atoms with van der Waals surface area (Å²) in [5.41, 5.74) is 0. The van der Waals surface area contributed by atoms with E-state index in [0.717, 1.165) is 0 Å². The molecule has 0 spiro atoms. The van der Waals surface area contributed by atoms with Crippen molar-refractivity contribution >= 4 is 27.6 Å². The fourth-order valence-electron chi connectivity index (χ4n) is 3.89. The third kappa shape index (κ3) is 5.44. The molecule has 0 aromatic carbocycles. The Kier molecular flexibility index (Phi) is 7.76. The number of nitrogens with one attached hydrogen (secondary N) is 1. The first-order chi connectivity index (χ1) is 15.9. The summed E-state index contributed by atoms with van der Waals surface area (Å²) in [6, 6.07) is -0.0416. The number of halogens is 1. The second-order valence-corrected chi connectivity index (χ2v) is 10.3. The Balaban J connectivity index is 1.62. The van der Waals surface area contributed by atoms with Crippen molar-refractivity contribution in [3.05, 3.63) is 29.1 Å². The standard InChI is InChI=1S/C19H27ClN6O6S/c1-12(16(29-2)17-21-9-13(20)10-22-17)33(27,28)25-19-24-23-18(15-11-31-7-8-32-15)26(19)14-3-5-30-6-4-14/h9-10,12,14-16H,3-8,11H2,1-2H3,(H,24,25)/t12-,15-,16-/m0/s1. The average molecular weight is 503 g/mol. The number of rotatable bonds is 8. The van der Waals surface area contributed by atoms with Crippen molar-refractivity contribution in [1.29, 1.82) is 0 Å². The van der Waals surface area contributed by atoms with Gasteiger partial charge in [0.25, 0.3) is 0 Å². The molecule has 2 saturated heterocycles. The van der Waals surface area contributed by atoms with E-state index in [4.69, 9.17) is 30.5 Å². The zero-order valence-electron chi connectivity index (χ0n) is 18.4. The van der Waals surface area contributed by atoms with Gasteiger partial charge in [0, 0.05) is 38.8 Å². The summed E-state index contributed by atoms with van der Waals surface area (Å²) in [6.07, 6.45) is 2.82. The van der Waals surface area contributed by atoms with Gasteiger partial charge in [-0.15, -0.1) is 10.2 Å². The van der Waals surface area contributed by atoms with E-state index in [9.17, 15) is 8.42 Å². The van der Waals surface area contributed by atoms with Gasteiger partial charge in [-0.1, -0.05) is 11.6 Å². The maximum Gasteiger partial charge on any atom is 0.240 e. The lowest BCUT2D eigenvalue weighted by Crippen LogP contribution is -2.34. The minimum absolute atomic E-state index is 0.0416. The van der Waals surface area contributed by atoms with Gasteiger partial charge in [0.05, 0.1) is 24.8 Å². The van der Waals surface area contributed by atoms with E-state index in [1.54, 1.807) is 4.57 Å². The second-order valence-electron chi connectivity index (χ2n) is 7.80. The van der Waals surface area contributed by atoms with Crippen LogP contribution in [0.3, 0.4) is 0 Å². The van der Waals surface area contributed by atoms with Crippen LogP contribution in [-0.4, -0.2) is 78.5 Å². The first-order valence-corrected chi connectivity index (χ1v) is 12.6. The maximum atomic E-state index is 13.3. The van der Waals surface area contributed by atoms with Gasteiger partial charge in [-0.3, -0.25) is 9.29 Å². The van der Waals surface area contributed by atoms with Gasteiger partial charge >= 0.3 is 0 Å². The number of nitrogens with zero attached hydrogens (tertiary/aromatic N) is 5. The van der Waals surface area contributed by atoms with Crippen LogP contribution in [0.25, 0.3) is 0 Å². The average Bonchev–Trinajstić information content (AvgIpc) is 3.24. The first-order valence-electron chi connectivity index (χ1n) is 10.6. The van der Waals surface area contributed by atoms with Crippen LogP contribution in [-0.2, 0) is 29.0 Å². The second kappa shape index (κ2) is 10.6. The molecule has 0 bridgehead atoms. The number of sulfonamides is 1. The van der Waals surface area contributed by atoms with Crippen LogP contribution in [0.2, 0.25) is 5.02 Å². The Bertz CT molecular complexity index is 1020. The molecular weight excluding hydrogens is 476 g/mol. The van der Waals surface area contributed by atoms with E-state index in [2.05, 4.69) is 24.9 Å². The number of hydrogen-bond acceptors (Lipinski definition) is 10. The Hall–Kier alpha value is -1.90. The summed E-state index contributed by atoms with van der Waals surface area (Å²) in [6.45, 7) is 3.90. The minimum atomic E-state index is -3.98. The van der Waals surface area contributed by atoms with Crippen LogP contribution in [0.1, 0.15) is 49.7 Å². The number of hydrogen-bond donors (Lipinski definition) is 1. The summed E-state index contributed by atoms with van der Waals surface area (Å²) in [5.74, 6) is 0.847. The van der Waals surface area contributed by atoms with E-state index in [-0.39, 0.29) is 17.8 Å². The van der Waals surface area contributed by atoms with Gasteiger partial charge in [0.1, 0.15) is 17.5 Å². The highest BCUT2D eigenvalue weighted by atomic mass is 35.5. The molecular formula is C19H27ClN6O6S. The van der Waals surface area contributed by atoms with Gasteiger partial charge in [-0.05, 0) is 19.8 Å². The number of anilines is 1. The van der Waals surface area contributed by atoms with Crippen LogP contribution in [0.4, 0.5) is 5.95 Å². The van der Waals surface area contributed by atoms with Crippen molar-refractivity contribution in [1.82, 2.24) is 24.7 Å². The van der Waals surface area contributed by atoms with Gasteiger partial charge < -0.3 is 18.9 Å². The fourth-order valence-corrected chi connectivity index (χ4v) is 5.13. The van der Waals surface area contributed by atoms with Crippen molar-refractivity contribution in [2.45, 2.75) is 43.3 Å². The molecule has 2 aromatic heterocycles. The summed E-state index contributed by atoms with van der Waals surface area (Å²) >= 11 is 5.85. The highest BCUT2D eigenvalue weighted by molar-refractivity contribution is 7.93. The summed E-state index contributed by atoms with van der Waals surface area (Å²) in [5, 5.41) is 7.72. The predicted molar refractivity (Wildman–Crippen MR) is 117 cm³/mol. The van der Waals surface area contributed by atoms with Gasteiger partial charge in [-0.25, -0.2) is 18.4 Å². The van der Waals surface area contributed by atoms with Gasteiger partial charge in [-0.2, -0.15) is 0 Å². The molecule has 182 valence electrons. The fraction of sp³-hybridized carbons (Fsp3) is 0.684. The molecule has 3 atom stereocenters. The summed E-state index contributed by atoms with van der Waals surface area (Å²) in [7, 11) is -2.58. The maximum absolute atomic E-state index is 13.3. The third-order valence-electron chi connectivity index (χ3n) is 5.68. The smallest absolute Gasteiger partial charge is 0.240 e. The number of ether oxygens (including phenoxy) is 4. The van der Waals surface area contributed by atoms with Crippen LogP contribution >= 0.6 is 11.6 Å². The molecule has 4 heterocycles. The van der Waals surface area contributed by atoms with Crippen LogP contribution in [0.15, 0.2) is 12.4 Å². The summed E-state index contributed by atoms with van der Waals surface area (Å²) < 4.78 is 53.3. The zero-order chi connectivity index (χ0) is 23.4. The zero-order valence-corrected chi connectivity index (χ0v) is 20.0. The van der Waals surface area contributed by atoms with E-state index < -0.39 is 27.5 Å². The number of aromatic nitrogens is 5. The topological polar surface area (TPSA) is 140 Å². The Morgan fingerprint density at radius 2 is 1.88 bits per heavy atom. The van der Waals surface area contributed by atoms with E-state index in [0.29, 0.717) is 56.7 Å². The molecule has 2 aliphatic rings. The molecule has 12 nitrogen and oxygen atoms in total. The van der Waals surface area contributed by atoms with E-state index in [1.165, 1.54) is 26.4 Å². The molecule has 4 rings (SSSR count). The Morgan fingerprint density at radius 1 is 1.15 bits per heavy atom. The molecule has 2 fully saturated rings. The quantitative estimate of drug-likeness (QED) is 0.566. The van der Waals surface area contributed by atoms with Crippen LogP contribution < -0.4 is 4.72 Å². The molecule has 0 unspecified atom stereocenters. The molecule has 33 heavy (non-hydrogen) atoms.